The first kappa shape index (κ1) is 24.2. The zero-order valence-electron chi connectivity index (χ0n) is 18.5. The predicted molar refractivity (Wildman–Crippen MR) is 123 cm³/mol. The van der Waals surface area contributed by atoms with E-state index >= 15 is 0 Å². The molecule has 2 aromatic carbocycles. The van der Waals surface area contributed by atoms with E-state index in [1.165, 1.54) is 43.8 Å². The number of ether oxygens (including phenoxy) is 3. The summed E-state index contributed by atoms with van der Waals surface area (Å²) in [5.41, 5.74) is 0.556. The number of carbonyl (C=O) groups excluding carboxylic acids is 1. The largest absolute Gasteiger partial charge is 0.493 e. The van der Waals surface area contributed by atoms with Crippen molar-refractivity contribution in [2.24, 2.45) is 5.92 Å². The zero-order chi connectivity index (χ0) is 23.5. The first-order chi connectivity index (χ1) is 15.2. The molecule has 1 saturated heterocycles. The maximum Gasteiger partial charge on any atom is 0.255 e. The van der Waals surface area contributed by atoms with E-state index in [1.54, 1.807) is 12.1 Å². The van der Waals surface area contributed by atoms with Gasteiger partial charge in [-0.25, -0.2) is 8.42 Å². The second kappa shape index (κ2) is 9.97. The van der Waals surface area contributed by atoms with E-state index in [0.29, 0.717) is 36.0 Å². The Hall–Kier alpha value is -2.49. The quantitative estimate of drug-likeness (QED) is 0.640. The number of piperidine rings is 1. The van der Waals surface area contributed by atoms with Gasteiger partial charge in [-0.1, -0.05) is 18.5 Å². The highest BCUT2D eigenvalue weighted by Gasteiger charge is 2.31. The van der Waals surface area contributed by atoms with E-state index < -0.39 is 15.9 Å². The van der Waals surface area contributed by atoms with Gasteiger partial charge in [-0.05, 0) is 37.0 Å². The molecule has 0 saturated carbocycles. The van der Waals surface area contributed by atoms with Crippen LogP contribution in [0.5, 0.6) is 17.2 Å². The fourth-order valence-corrected chi connectivity index (χ4v) is 5.80. The molecule has 1 N–H and O–H groups in total. The Morgan fingerprint density at radius 2 is 1.75 bits per heavy atom. The Labute approximate surface area is 193 Å². The number of benzene rings is 2. The fourth-order valence-electron chi connectivity index (χ4n) is 3.70. The molecule has 8 nitrogen and oxygen atoms in total. The average Bonchev–Trinajstić information content (AvgIpc) is 2.78. The lowest BCUT2D eigenvalue weighted by Crippen LogP contribution is -2.39. The van der Waals surface area contributed by atoms with Crippen molar-refractivity contribution in [3.63, 3.8) is 0 Å². The maximum absolute atomic E-state index is 13.2. The molecule has 1 amide bonds. The number of sulfonamides is 1. The van der Waals surface area contributed by atoms with Gasteiger partial charge < -0.3 is 19.5 Å². The van der Waals surface area contributed by atoms with Crippen molar-refractivity contribution in [2.45, 2.75) is 24.7 Å². The number of nitrogens with zero attached hydrogens (tertiary/aromatic N) is 1. The molecule has 1 fully saturated rings. The molecule has 0 aromatic heterocycles. The molecule has 10 heteroatoms. The van der Waals surface area contributed by atoms with E-state index in [-0.39, 0.29) is 21.4 Å². The number of nitrogens with one attached hydrogen (secondary N) is 1. The molecule has 1 aliphatic heterocycles. The van der Waals surface area contributed by atoms with Gasteiger partial charge in [-0.15, -0.1) is 0 Å². The van der Waals surface area contributed by atoms with Crippen LogP contribution in [-0.2, 0) is 10.0 Å². The Kier molecular flexibility index (Phi) is 7.53. The van der Waals surface area contributed by atoms with Crippen LogP contribution < -0.4 is 19.5 Å². The summed E-state index contributed by atoms with van der Waals surface area (Å²) in [6, 6.07) is 7.38. The summed E-state index contributed by atoms with van der Waals surface area (Å²) in [7, 11) is 0.609. The summed E-state index contributed by atoms with van der Waals surface area (Å²) < 4.78 is 43.7. The third-order valence-corrected chi connectivity index (χ3v) is 7.70. The second-order valence-corrected chi connectivity index (χ2v) is 9.94. The fraction of sp³-hybridized carbons (Fsp3) is 0.409. The molecular formula is C22H27ClN2O6S. The highest BCUT2D eigenvalue weighted by Crippen LogP contribution is 2.40. The summed E-state index contributed by atoms with van der Waals surface area (Å²) in [4.78, 5) is 12.8. The number of amides is 1. The van der Waals surface area contributed by atoms with Gasteiger partial charge in [0.2, 0.25) is 15.8 Å². The van der Waals surface area contributed by atoms with Crippen LogP contribution in [0.25, 0.3) is 0 Å². The van der Waals surface area contributed by atoms with Gasteiger partial charge >= 0.3 is 0 Å². The molecule has 3 rings (SSSR count). The SMILES string of the molecule is COc1cc(NC(=O)c2ccc(Cl)c(S(=O)(=O)N3CCC[C@@H](C)C3)c2)cc(OC)c1OC. The van der Waals surface area contributed by atoms with Crippen LogP contribution in [0.4, 0.5) is 5.69 Å². The summed E-state index contributed by atoms with van der Waals surface area (Å²) in [6.45, 7) is 2.88. The molecule has 0 bridgehead atoms. The Balaban J connectivity index is 1.91. The first-order valence-corrected chi connectivity index (χ1v) is 11.9. The number of hydrogen-bond acceptors (Lipinski definition) is 6. The first-order valence-electron chi connectivity index (χ1n) is 10.1. The van der Waals surface area contributed by atoms with Crippen molar-refractivity contribution in [3.8, 4) is 17.2 Å². The smallest absolute Gasteiger partial charge is 0.255 e. The van der Waals surface area contributed by atoms with Gasteiger partial charge in [0.25, 0.3) is 5.91 Å². The number of anilines is 1. The minimum Gasteiger partial charge on any atom is -0.493 e. The van der Waals surface area contributed by atoms with Crippen LogP contribution in [0.3, 0.4) is 0 Å². The molecule has 32 heavy (non-hydrogen) atoms. The Bertz CT molecular complexity index is 1080. The Morgan fingerprint density at radius 1 is 1.09 bits per heavy atom. The molecule has 0 unspecified atom stereocenters. The second-order valence-electron chi connectivity index (χ2n) is 7.62. The van der Waals surface area contributed by atoms with E-state index in [4.69, 9.17) is 25.8 Å². The van der Waals surface area contributed by atoms with Crippen LogP contribution in [0, 0.1) is 5.92 Å². The molecular weight excluding hydrogens is 456 g/mol. The number of carbonyl (C=O) groups is 1. The third-order valence-electron chi connectivity index (χ3n) is 5.35. The molecule has 1 heterocycles. The van der Waals surface area contributed by atoms with Gasteiger partial charge in [0.1, 0.15) is 4.90 Å². The summed E-state index contributed by atoms with van der Waals surface area (Å²) in [5, 5.41) is 2.81. The van der Waals surface area contributed by atoms with Crippen molar-refractivity contribution in [2.75, 3.05) is 39.7 Å². The van der Waals surface area contributed by atoms with Gasteiger partial charge in [0.15, 0.2) is 11.5 Å². The minimum absolute atomic E-state index is 0.0764. The average molecular weight is 483 g/mol. The third kappa shape index (κ3) is 4.95. The van der Waals surface area contributed by atoms with E-state index in [1.807, 2.05) is 6.92 Å². The van der Waals surface area contributed by atoms with Gasteiger partial charge in [0.05, 0.1) is 26.4 Å². The normalized spacial score (nSPS) is 17.0. The molecule has 0 radical (unpaired) electrons. The van der Waals surface area contributed by atoms with Crippen LogP contribution in [0.15, 0.2) is 35.2 Å². The molecule has 2 aromatic rings. The summed E-state index contributed by atoms with van der Waals surface area (Å²) in [6.07, 6.45) is 1.77. The van der Waals surface area contributed by atoms with Crippen molar-refractivity contribution in [1.29, 1.82) is 0 Å². The molecule has 1 atom stereocenters. The van der Waals surface area contributed by atoms with E-state index in [0.717, 1.165) is 12.8 Å². The lowest BCUT2D eigenvalue weighted by Gasteiger charge is -2.30. The number of halogens is 1. The Morgan fingerprint density at radius 3 is 2.31 bits per heavy atom. The van der Waals surface area contributed by atoms with E-state index in [9.17, 15) is 13.2 Å². The zero-order valence-corrected chi connectivity index (χ0v) is 20.0. The predicted octanol–water partition coefficient (Wildman–Crippen LogP) is 4.04. The van der Waals surface area contributed by atoms with Crippen molar-refractivity contribution in [3.05, 3.63) is 40.9 Å². The topological polar surface area (TPSA) is 94.2 Å². The molecule has 174 valence electrons. The summed E-state index contributed by atoms with van der Waals surface area (Å²) >= 11 is 6.23. The minimum atomic E-state index is -3.82. The van der Waals surface area contributed by atoms with Crippen LogP contribution >= 0.6 is 11.6 Å². The van der Waals surface area contributed by atoms with Crippen molar-refractivity contribution in [1.82, 2.24) is 4.31 Å². The van der Waals surface area contributed by atoms with Crippen LogP contribution in [-0.4, -0.2) is 53.0 Å². The van der Waals surface area contributed by atoms with Crippen LogP contribution in [0.1, 0.15) is 30.1 Å². The number of hydrogen-bond donors (Lipinski definition) is 1. The number of methoxy groups -OCH3 is 3. The van der Waals surface area contributed by atoms with Crippen LogP contribution in [0.2, 0.25) is 5.02 Å². The molecule has 0 spiro atoms. The van der Waals surface area contributed by atoms with Gasteiger partial charge in [0, 0.05) is 36.5 Å². The van der Waals surface area contributed by atoms with Crippen molar-refractivity contribution < 1.29 is 27.4 Å². The highest BCUT2D eigenvalue weighted by molar-refractivity contribution is 7.89. The number of rotatable bonds is 7. The molecule has 1 aliphatic rings. The standard InChI is InChI=1S/C22H27ClN2O6S/c1-14-6-5-9-25(13-14)32(27,28)20-10-15(7-8-17(20)23)22(26)24-16-11-18(29-2)21(31-4)19(12-16)30-3/h7-8,10-12,14H,5-6,9,13H2,1-4H3,(H,24,26)/t14-/m1/s1. The van der Waals surface area contributed by atoms with Crippen molar-refractivity contribution >= 4 is 33.2 Å². The molecule has 0 aliphatic carbocycles. The lowest BCUT2D eigenvalue weighted by atomic mass is 10.0. The highest BCUT2D eigenvalue weighted by atomic mass is 35.5. The monoisotopic (exact) mass is 482 g/mol. The van der Waals surface area contributed by atoms with Gasteiger partial charge in [-0.2, -0.15) is 4.31 Å². The lowest BCUT2D eigenvalue weighted by molar-refractivity contribution is 0.102. The van der Waals surface area contributed by atoms with Gasteiger partial charge in [-0.3, -0.25) is 4.79 Å². The summed E-state index contributed by atoms with van der Waals surface area (Å²) in [5.74, 6) is 0.910. The van der Waals surface area contributed by atoms with E-state index in [2.05, 4.69) is 5.32 Å². The maximum atomic E-state index is 13.2.